The number of rotatable bonds is 2. The molecule has 0 fully saturated rings. The molecule has 0 spiro atoms. The summed E-state index contributed by atoms with van der Waals surface area (Å²) < 4.78 is 0. The molecule has 0 heteroatoms. The first-order chi connectivity index (χ1) is 11.0. The third-order valence-electron chi connectivity index (χ3n) is 4.32. The van der Waals surface area contributed by atoms with Gasteiger partial charge in [0.1, 0.15) is 0 Å². The van der Waals surface area contributed by atoms with E-state index in [9.17, 15) is 0 Å². The van der Waals surface area contributed by atoms with Crippen LogP contribution in [0.4, 0.5) is 0 Å². The van der Waals surface area contributed by atoms with Gasteiger partial charge in [-0.05, 0) is 45.8 Å². The predicted octanol–water partition coefficient (Wildman–Crippen LogP) is 6.42. The second kappa shape index (κ2) is 6.04. The number of allylic oxidation sites excluding steroid dienone is 5. The third-order valence-corrected chi connectivity index (χ3v) is 4.32. The van der Waals surface area contributed by atoms with Gasteiger partial charge < -0.3 is 0 Å². The van der Waals surface area contributed by atoms with Crippen LogP contribution in [0.5, 0.6) is 0 Å². The minimum Gasteiger partial charge on any atom is -0.0622 e. The Kier molecular flexibility index (Phi) is 4.09. The van der Waals surface area contributed by atoms with Crippen molar-refractivity contribution in [3.63, 3.8) is 0 Å². The molecule has 0 radical (unpaired) electrons. The Labute approximate surface area is 139 Å². The van der Waals surface area contributed by atoms with Crippen LogP contribution in [0.3, 0.4) is 0 Å². The first-order valence-corrected chi connectivity index (χ1v) is 8.23. The molecule has 116 valence electrons. The Morgan fingerprint density at radius 1 is 0.696 bits per heavy atom. The van der Waals surface area contributed by atoms with Gasteiger partial charge in [0.15, 0.2) is 0 Å². The lowest BCUT2D eigenvalue weighted by atomic mass is 9.84. The Bertz CT molecular complexity index is 737. The van der Waals surface area contributed by atoms with Gasteiger partial charge in [-0.3, -0.25) is 0 Å². The Morgan fingerprint density at radius 2 is 1.17 bits per heavy atom. The van der Waals surface area contributed by atoms with Crippen molar-refractivity contribution in [3.8, 4) is 0 Å². The summed E-state index contributed by atoms with van der Waals surface area (Å²) in [6, 6.07) is 21.4. The lowest BCUT2D eigenvalue weighted by Crippen LogP contribution is -2.08. The Hall–Kier alpha value is -2.34. The van der Waals surface area contributed by atoms with Gasteiger partial charge in [0.25, 0.3) is 0 Å². The molecule has 0 N–H and O–H groups in total. The maximum Gasteiger partial charge on any atom is -0.00387 e. The lowest BCUT2D eigenvalue weighted by molar-refractivity contribution is 0.512. The Morgan fingerprint density at radius 3 is 1.57 bits per heavy atom. The van der Waals surface area contributed by atoms with Crippen LogP contribution in [-0.2, 0) is 0 Å². The number of hydrogen-bond donors (Lipinski definition) is 0. The van der Waals surface area contributed by atoms with Gasteiger partial charge in [0, 0.05) is 0 Å². The van der Waals surface area contributed by atoms with Crippen LogP contribution in [0, 0.1) is 5.41 Å². The van der Waals surface area contributed by atoms with E-state index in [1.807, 2.05) is 0 Å². The molecule has 0 saturated carbocycles. The molecule has 3 rings (SSSR count). The van der Waals surface area contributed by atoms with E-state index in [0.717, 1.165) is 0 Å². The summed E-state index contributed by atoms with van der Waals surface area (Å²) in [4.78, 5) is 0. The molecule has 0 nitrogen and oxygen atoms in total. The van der Waals surface area contributed by atoms with Crippen molar-refractivity contribution in [1.29, 1.82) is 0 Å². The standard InChI is InChI=1S/C23H24/c1-17-15-20(16-21(17)23(2,3)4)22(18-11-7-5-8-12-18)19-13-9-6-10-14-19/h5-16H,1-4H3. The number of benzene rings is 2. The van der Waals surface area contributed by atoms with E-state index in [-0.39, 0.29) is 5.41 Å². The van der Waals surface area contributed by atoms with Crippen LogP contribution in [0.25, 0.3) is 5.57 Å². The zero-order valence-corrected chi connectivity index (χ0v) is 14.4. The van der Waals surface area contributed by atoms with E-state index in [2.05, 4.69) is 101 Å². The third kappa shape index (κ3) is 3.22. The van der Waals surface area contributed by atoms with E-state index in [1.54, 1.807) is 0 Å². The monoisotopic (exact) mass is 300 g/mol. The second-order valence-electron chi connectivity index (χ2n) is 7.20. The minimum atomic E-state index is 0.167. The second-order valence-corrected chi connectivity index (χ2v) is 7.20. The SMILES string of the molecule is CC1=CC(=C(c2ccccc2)c2ccccc2)C=C1C(C)(C)C. The molecule has 0 aliphatic heterocycles. The van der Waals surface area contributed by atoms with Crippen molar-refractivity contribution in [3.05, 3.63) is 101 Å². The van der Waals surface area contributed by atoms with E-state index in [1.165, 1.54) is 33.4 Å². The quantitative estimate of drug-likeness (QED) is 0.600. The van der Waals surface area contributed by atoms with Crippen LogP contribution in [-0.4, -0.2) is 0 Å². The topological polar surface area (TPSA) is 0 Å². The Balaban J connectivity index is 2.24. The van der Waals surface area contributed by atoms with Gasteiger partial charge in [0.05, 0.1) is 0 Å². The number of hydrogen-bond acceptors (Lipinski definition) is 0. The van der Waals surface area contributed by atoms with Crippen LogP contribution in [0.2, 0.25) is 0 Å². The normalized spacial score (nSPS) is 14.5. The van der Waals surface area contributed by atoms with E-state index in [0.29, 0.717) is 0 Å². The van der Waals surface area contributed by atoms with E-state index < -0.39 is 0 Å². The highest BCUT2D eigenvalue weighted by atomic mass is 14.3. The maximum absolute atomic E-state index is 2.37. The summed E-state index contributed by atoms with van der Waals surface area (Å²) in [7, 11) is 0. The van der Waals surface area contributed by atoms with Gasteiger partial charge in [-0.25, -0.2) is 0 Å². The van der Waals surface area contributed by atoms with Crippen molar-refractivity contribution in [2.45, 2.75) is 27.7 Å². The molecule has 2 aromatic rings. The van der Waals surface area contributed by atoms with Crippen LogP contribution >= 0.6 is 0 Å². The van der Waals surface area contributed by atoms with Gasteiger partial charge in [-0.2, -0.15) is 0 Å². The molecule has 0 aromatic heterocycles. The maximum atomic E-state index is 2.37. The largest absolute Gasteiger partial charge is 0.0622 e. The zero-order chi connectivity index (χ0) is 16.4. The zero-order valence-electron chi connectivity index (χ0n) is 14.4. The van der Waals surface area contributed by atoms with Gasteiger partial charge in [-0.1, -0.05) is 93.6 Å². The average molecular weight is 300 g/mol. The van der Waals surface area contributed by atoms with Crippen molar-refractivity contribution in [1.82, 2.24) is 0 Å². The fourth-order valence-electron chi connectivity index (χ4n) is 3.28. The first-order valence-electron chi connectivity index (χ1n) is 8.23. The summed E-state index contributed by atoms with van der Waals surface area (Å²) >= 11 is 0. The molecular weight excluding hydrogens is 276 g/mol. The van der Waals surface area contributed by atoms with E-state index in [4.69, 9.17) is 0 Å². The fraction of sp³-hybridized carbons (Fsp3) is 0.217. The van der Waals surface area contributed by atoms with Gasteiger partial charge in [0.2, 0.25) is 0 Å². The highest BCUT2D eigenvalue weighted by molar-refractivity contribution is 5.86. The highest BCUT2D eigenvalue weighted by Gasteiger charge is 2.23. The molecule has 0 amide bonds. The molecule has 1 aliphatic carbocycles. The average Bonchev–Trinajstić information content (AvgIpc) is 2.91. The predicted molar refractivity (Wildman–Crippen MR) is 100 cm³/mol. The van der Waals surface area contributed by atoms with Gasteiger partial charge >= 0.3 is 0 Å². The first kappa shape index (κ1) is 15.6. The van der Waals surface area contributed by atoms with Crippen molar-refractivity contribution in [2.24, 2.45) is 5.41 Å². The summed E-state index contributed by atoms with van der Waals surface area (Å²) in [6.45, 7) is 9.06. The van der Waals surface area contributed by atoms with Crippen molar-refractivity contribution < 1.29 is 0 Å². The van der Waals surface area contributed by atoms with Crippen molar-refractivity contribution >= 4 is 5.57 Å². The molecule has 0 unspecified atom stereocenters. The fourth-order valence-corrected chi connectivity index (χ4v) is 3.28. The summed E-state index contributed by atoms with van der Waals surface area (Å²) in [6.07, 6.45) is 4.70. The summed E-state index contributed by atoms with van der Waals surface area (Å²) in [5, 5.41) is 0. The smallest absolute Gasteiger partial charge is 0.00387 e. The van der Waals surface area contributed by atoms with Crippen LogP contribution < -0.4 is 0 Å². The van der Waals surface area contributed by atoms with Crippen LogP contribution in [0.1, 0.15) is 38.8 Å². The molecule has 0 bridgehead atoms. The molecule has 2 aromatic carbocycles. The highest BCUT2D eigenvalue weighted by Crippen LogP contribution is 2.40. The van der Waals surface area contributed by atoms with Crippen molar-refractivity contribution in [2.75, 3.05) is 0 Å². The summed E-state index contributed by atoms with van der Waals surface area (Å²) in [5.74, 6) is 0. The molecule has 23 heavy (non-hydrogen) atoms. The summed E-state index contributed by atoms with van der Waals surface area (Å²) in [5.41, 5.74) is 8.12. The molecule has 0 heterocycles. The lowest BCUT2D eigenvalue weighted by Gasteiger charge is -2.21. The molecule has 0 saturated heterocycles. The molecule has 1 aliphatic rings. The van der Waals surface area contributed by atoms with E-state index >= 15 is 0 Å². The van der Waals surface area contributed by atoms with Gasteiger partial charge in [-0.15, -0.1) is 0 Å². The molecule has 0 atom stereocenters. The molecular formula is C23H24. The minimum absolute atomic E-state index is 0.167. The van der Waals surface area contributed by atoms with Crippen LogP contribution in [0.15, 0.2) is 89.5 Å².